The molecule has 0 radical (unpaired) electrons. The minimum atomic E-state index is 0.0925. The molecule has 60 valence electrons. The van der Waals surface area contributed by atoms with Crippen LogP contribution < -0.4 is 5.32 Å². The zero-order valence-corrected chi connectivity index (χ0v) is 7.21. The molecule has 0 aromatic heterocycles. The highest BCUT2D eigenvalue weighted by atomic mass is 32.1. The number of nitrogens with zero attached hydrogens (tertiary/aromatic N) is 1. The van der Waals surface area contributed by atoms with E-state index in [-0.39, 0.29) is 6.04 Å². The summed E-state index contributed by atoms with van der Waals surface area (Å²) in [5.74, 6) is 0. The Kier molecular flexibility index (Phi) is 1.87. The maximum Gasteiger partial charge on any atom is 0.0903 e. The van der Waals surface area contributed by atoms with Crippen LogP contribution >= 0.6 is 12.2 Å². The molecule has 1 N–H and O–H groups in total. The first-order chi connectivity index (χ1) is 5.90. The quantitative estimate of drug-likeness (QED) is 0.663. The van der Waals surface area contributed by atoms with Crippen LogP contribution in [0.3, 0.4) is 0 Å². The highest BCUT2D eigenvalue weighted by Gasteiger charge is 2.09. The summed E-state index contributed by atoms with van der Waals surface area (Å²) in [6.07, 6.45) is 1.81. The van der Waals surface area contributed by atoms with Crippen molar-refractivity contribution in [3.05, 3.63) is 24.3 Å². The minimum Gasteiger partial charge on any atom is -0.371 e. The number of nitrogens with one attached hydrogen (secondary N) is 1. The summed E-state index contributed by atoms with van der Waals surface area (Å²) < 4.78 is 0. The van der Waals surface area contributed by atoms with Crippen LogP contribution in [-0.2, 0) is 0 Å². The molecule has 3 heteroatoms. The molecule has 1 unspecified atom stereocenters. The molecule has 0 amide bonds. The third-order valence-electron chi connectivity index (χ3n) is 1.75. The van der Waals surface area contributed by atoms with Gasteiger partial charge in [-0.2, -0.15) is 0 Å². The lowest BCUT2D eigenvalue weighted by Crippen LogP contribution is -2.23. The molecule has 2 rings (SSSR count). The Labute approximate surface area is 76.3 Å². The van der Waals surface area contributed by atoms with Crippen molar-refractivity contribution in [3.8, 4) is 0 Å². The Bertz CT molecular complexity index is 333. The van der Waals surface area contributed by atoms with Crippen LogP contribution in [0.15, 0.2) is 29.3 Å². The molecule has 0 saturated heterocycles. The fraction of sp³-hybridized carbons (Fsp3) is 0.111. The van der Waals surface area contributed by atoms with Crippen molar-refractivity contribution in [3.63, 3.8) is 0 Å². The van der Waals surface area contributed by atoms with E-state index in [0.29, 0.717) is 0 Å². The number of hydrogen-bond donors (Lipinski definition) is 1. The van der Waals surface area contributed by atoms with Crippen LogP contribution in [0.5, 0.6) is 0 Å². The van der Waals surface area contributed by atoms with E-state index in [9.17, 15) is 0 Å². The zero-order chi connectivity index (χ0) is 8.39. The van der Waals surface area contributed by atoms with Gasteiger partial charge < -0.3 is 5.32 Å². The molecule has 12 heavy (non-hydrogen) atoms. The molecule has 0 bridgehead atoms. The van der Waals surface area contributed by atoms with Gasteiger partial charge >= 0.3 is 0 Å². The number of thiocarbonyl (C=S) groups is 1. The molecule has 0 saturated carbocycles. The molecule has 1 aromatic rings. The molecular formula is C9H8N2S. The van der Waals surface area contributed by atoms with Crippen LogP contribution in [-0.4, -0.2) is 17.6 Å². The summed E-state index contributed by atoms with van der Waals surface area (Å²) in [4.78, 5) is 4.26. The van der Waals surface area contributed by atoms with Gasteiger partial charge in [0.15, 0.2) is 0 Å². The predicted octanol–water partition coefficient (Wildman–Crippen LogP) is 2.18. The van der Waals surface area contributed by atoms with Crippen molar-refractivity contribution >= 4 is 35.2 Å². The highest BCUT2D eigenvalue weighted by molar-refractivity contribution is 7.79. The van der Waals surface area contributed by atoms with E-state index >= 15 is 0 Å². The number of fused-ring (bicyclic) bond motifs is 1. The van der Waals surface area contributed by atoms with Crippen molar-refractivity contribution in [2.24, 2.45) is 4.99 Å². The Balaban J connectivity index is 2.39. The second-order valence-corrected chi connectivity index (χ2v) is 2.87. The first-order valence-corrected chi connectivity index (χ1v) is 4.22. The van der Waals surface area contributed by atoms with Gasteiger partial charge in [-0.1, -0.05) is 24.4 Å². The first-order valence-electron chi connectivity index (χ1n) is 3.75. The maximum absolute atomic E-state index is 4.82. The Morgan fingerprint density at radius 3 is 3.08 bits per heavy atom. The molecule has 0 spiro atoms. The van der Waals surface area contributed by atoms with E-state index in [1.807, 2.05) is 30.5 Å². The topological polar surface area (TPSA) is 24.4 Å². The summed E-state index contributed by atoms with van der Waals surface area (Å²) in [6, 6.07) is 8.01. The van der Waals surface area contributed by atoms with E-state index in [1.54, 1.807) is 5.37 Å². The summed E-state index contributed by atoms with van der Waals surface area (Å²) in [7, 11) is 0. The first kappa shape index (κ1) is 7.43. The van der Waals surface area contributed by atoms with Gasteiger partial charge in [0, 0.05) is 11.6 Å². The number of anilines is 1. The Morgan fingerprint density at radius 1 is 1.42 bits per heavy atom. The molecule has 0 fully saturated rings. The third kappa shape index (κ3) is 1.23. The molecule has 1 heterocycles. The number of para-hydroxylation sites is 2. The maximum atomic E-state index is 4.82. The van der Waals surface area contributed by atoms with E-state index in [0.717, 1.165) is 11.4 Å². The summed E-state index contributed by atoms with van der Waals surface area (Å²) in [5, 5.41) is 4.90. The highest BCUT2D eigenvalue weighted by Crippen LogP contribution is 2.26. The molecular weight excluding hydrogens is 168 g/mol. The predicted molar refractivity (Wildman–Crippen MR) is 55.7 cm³/mol. The van der Waals surface area contributed by atoms with Gasteiger partial charge in [-0.15, -0.1) is 0 Å². The summed E-state index contributed by atoms with van der Waals surface area (Å²) >= 11 is 4.82. The summed E-state index contributed by atoms with van der Waals surface area (Å²) in [5.41, 5.74) is 2.02. The van der Waals surface area contributed by atoms with E-state index in [1.165, 1.54) is 0 Å². The van der Waals surface area contributed by atoms with E-state index < -0.39 is 0 Å². The van der Waals surface area contributed by atoms with Crippen LogP contribution in [0.25, 0.3) is 0 Å². The third-order valence-corrected chi connectivity index (χ3v) is 2.04. The molecule has 1 atom stereocenters. The van der Waals surface area contributed by atoms with E-state index in [4.69, 9.17) is 12.2 Å². The molecule has 1 aliphatic rings. The minimum absolute atomic E-state index is 0.0925. The number of aliphatic imine (C=N–C) groups is 1. The van der Waals surface area contributed by atoms with Crippen molar-refractivity contribution in [1.29, 1.82) is 0 Å². The lowest BCUT2D eigenvalue weighted by molar-refractivity contribution is 1.24. The van der Waals surface area contributed by atoms with Gasteiger partial charge in [0.2, 0.25) is 0 Å². The van der Waals surface area contributed by atoms with Gasteiger partial charge in [-0.25, -0.2) is 0 Å². The molecule has 1 aromatic carbocycles. The molecule has 1 aliphatic heterocycles. The molecule has 2 nitrogen and oxygen atoms in total. The Hall–Kier alpha value is -1.22. The van der Waals surface area contributed by atoms with Gasteiger partial charge in [0.1, 0.15) is 0 Å². The normalized spacial score (nSPS) is 19.5. The fourth-order valence-electron chi connectivity index (χ4n) is 1.15. The second-order valence-electron chi connectivity index (χ2n) is 2.60. The molecule has 0 aliphatic carbocycles. The van der Waals surface area contributed by atoms with Gasteiger partial charge in [-0.05, 0) is 12.1 Å². The summed E-state index contributed by atoms with van der Waals surface area (Å²) in [6.45, 7) is 0. The van der Waals surface area contributed by atoms with Gasteiger partial charge in [0.25, 0.3) is 0 Å². The van der Waals surface area contributed by atoms with Crippen molar-refractivity contribution in [2.45, 2.75) is 6.04 Å². The Morgan fingerprint density at radius 2 is 2.25 bits per heavy atom. The standard InChI is InChI=1S/C9H8N2S/c12-6-7-5-10-8-3-1-2-4-9(8)11-7/h1-7,11H. The van der Waals surface area contributed by atoms with Crippen LogP contribution in [0.2, 0.25) is 0 Å². The zero-order valence-electron chi connectivity index (χ0n) is 6.40. The van der Waals surface area contributed by atoms with Crippen LogP contribution in [0.4, 0.5) is 11.4 Å². The monoisotopic (exact) mass is 176 g/mol. The van der Waals surface area contributed by atoms with E-state index in [2.05, 4.69) is 10.3 Å². The fourth-order valence-corrected chi connectivity index (χ4v) is 1.29. The smallest absolute Gasteiger partial charge is 0.0903 e. The van der Waals surface area contributed by atoms with Crippen molar-refractivity contribution < 1.29 is 0 Å². The average Bonchev–Trinajstić information content (AvgIpc) is 2.17. The van der Waals surface area contributed by atoms with Crippen LogP contribution in [0.1, 0.15) is 0 Å². The van der Waals surface area contributed by atoms with Gasteiger partial charge in [0.05, 0.1) is 17.4 Å². The average molecular weight is 176 g/mol. The number of benzene rings is 1. The lowest BCUT2D eigenvalue weighted by Gasteiger charge is -2.17. The number of rotatable bonds is 1. The SMILES string of the molecule is S=CC1C=Nc2ccccc2N1. The van der Waals surface area contributed by atoms with Crippen LogP contribution in [0, 0.1) is 0 Å². The van der Waals surface area contributed by atoms with Crippen molar-refractivity contribution in [1.82, 2.24) is 0 Å². The largest absolute Gasteiger partial charge is 0.371 e. The van der Waals surface area contributed by atoms with Crippen molar-refractivity contribution in [2.75, 3.05) is 5.32 Å². The van der Waals surface area contributed by atoms with Gasteiger partial charge in [-0.3, -0.25) is 4.99 Å². The second kappa shape index (κ2) is 3.03. The number of hydrogen-bond acceptors (Lipinski definition) is 3. The lowest BCUT2D eigenvalue weighted by atomic mass is 10.2.